The number of rotatable bonds is 2. The minimum Gasteiger partial charge on any atom is -0.289 e. The van der Waals surface area contributed by atoms with Crippen LogP contribution in [-0.2, 0) is 0 Å². The Morgan fingerprint density at radius 2 is 1.94 bits per heavy atom. The highest BCUT2D eigenvalue weighted by molar-refractivity contribution is 9.11. The van der Waals surface area contributed by atoms with E-state index in [1.807, 2.05) is 0 Å². The lowest BCUT2D eigenvalue weighted by atomic mass is 10.1. The Balaban J connectivity index is 2.44. The lowest BCUT2D eigenvalue weighted by Gasteiger charge is -2.04. The number of carbonyl (C=O) groups is 1. The number of aromatic nitrogens is 1. The number of nitrogens with zero attached hydrogens (tertiary/aromatic N) is 1. The summed E-state index contributed by atoms with van der Waals surface area (Å²) < 4.78 is 14.5. The summed E-state index contributed by atoms with van der Waals surface area (Å²) in [5.74, 6) is -0.791. The fraction of sp³-hybridized carbons (Fsp3) is 0. The van der Waals surface area contributed by atoms with Crippen LogP contribution >= 0.6 is 31.9 Å². The number of hydrogen-bond acceptors (Lipinski definition) is 2. The van der Waals surface area contributed by atoms with E-state index < -0.39 is 5.82 Å². The molecule has 1 aromatic carbocycles. The van der Waals surface area contributed by atoms with Crippen LogP contribution in [0.5, 0.6) is 0 Å². The van der Waals surface area contributed by atoms with Crippen molar-refractivity contribution in [3.63, 3.8) is 0 Å². The molecule has 0 aliphatic rings. The highest BCUT2D eigenvalue weighted by atomic mass is 79.9. The van der Waals surface area contributed by atoms with Crippen LogP contribution in [0.2, 0.25) is 0 Å². The van der Waals surface area contributed by atoms with Gasteiger partial charge in [0.25, 0.3) is 0 Å². The Morgan fingerprint density at radius 3 is 2.59 bits per heavy atom. The molecule has 2 nitrogen and oxygen atoms in total. The third kappa shape index (κ3) is 2.79. The zero-order chi connectivity index (χ0) is 12.4. The number of ketones is 1. The molecule has 1 aromatic heterocycles. The van der Waals surface area contributed by atoms with Gasteiger partial charge < -0.3 is 0 Å². The quantitative estimate of drug-likeness (QED) is 0.760. The first-order valence-corrected chi connectivity index (χ1v) is 6.27. The van der Waals surface area contributed by atoms with E-state index in [2.05, 4.69) is 36.8 Å². The molecule has 0 unspecified atom stereocenters. The van der Waals surface area contributed by atoms with E-state index in [1.54, 1.807) is 18.2 Å². The van der Waals surface area contributed by atoms with Gasteiger partial charge in [-0.15, -0.1) is 0 Å². The highest BCUT2D eigenvalue weighted by Crippen LogP contribution is 2.24. The van der Waals surface area contributed by atoms with Crippen LogP contribution in [0.4, 0.5) is 4.39 Å². The summed E-state index contributed by atoms with van der Waals surface area (Å²) in [5, 5.41) is 0. The molecule has 1 heterocycles. The molecule has 0 aliphatic carbocycles. The summed E-state index contributed by atoms with van der Waals surface area (Å²) in [6, 6.07) is 6.36. The summed E-state index contributed by atoms with van der Waals surface area (Å²) in [7, 11) is 0. The Kier molecular flexibility index (Phi) is 3.69. The van der Waals surface area contributed by atoms with Crippen molar-refractivity contribution in [2.45, 2.75) is 0 Å². The SMILES string of the molecule is O=C(c1cncc(F)c1)c1ccc(Br)cc1Br. The van der Waals surface area contributed by atoms with E-state index in [-0.39, 0.29) is 11.3 Å². The van der Waals surface area contributed by atoms with Gasteiger partial charge in [0.05, 0.1) is 6.20 Å². The van der Waals surface area contributed by atoms with Crippen LogP contribution < -0.4 is 0 Å². The molecule has 0 amide bonds. The van der Waals surface area contributed by atoms with Crippen molar-refractivity contribution in [3.8, 4) is 0 Å². The summed E-state index contributed by atoms with van der Waals surface area (Å²) in [6.45, 7) is 0. The van der Waals surface area contributed by atoms with Gasteiger partial charge in [0, 0.05) is 26.3 Å². The minimum atomic E-state index is -0.524. The van der Waals surface area contributed by atoms with Gasteiger partial charge in [0.15, 0.2) is 5.78 Å². The fourth-order valence-electron chi connectivity index (χ4n) is 1.37. The van der Waals surface area contributed by atoms with E-state index in [9.17, 15) is 9.18 Å². The minimum absolute atomic E-state index is 0.230. The number of benzene rings is 1. The van der Waals surface area contributed by atoms with Crippen LogP contribution in [0.15, 0.2) is 45.6 Å². The molecular weight excluding hydrogens is 353 g/mol. The van der Waals surface area contributed by atoms with Gasteiger partial charge in [0.1, 0.15) is 5.82 Å². The van der Waals surface area contributed by atoms with Gasteiger partial charge in [-0.2, -0.15) is 0 Å². The molecule has 5 heteroatoms. The standard InChI is InChI=1S/C12H6Br2FNO/c13-8-1-2-10(11(14)4-8)12(17)7-3-9(15)6-16-5-7/h1-6H. The molecule has 0 bridgehead atoms. The molecule has 2 aromatic rings. The molecular formula is C12H6Br2FNO. The predicted molar refractivity (Wildman–Crippen MR) is 69.5 cm³/mol. The molecule has 0 radical (unpaired) electrons. The molecule has 0 N–H and O–H groups in total. The zero-order valence-corrected chi connectivity index (χ0v) is 11.6. The van der Waals surface area contributed by atoms with Gasteiger partial charge in [-0.3, -0.25) is 9.78 Å². The first-order valence-electron chi connectivity index (χ1n) is 4.68. The predicted octanol–water partition coefficient (Wildman–Crippen LogP) is 3.98. The maximum atomic E-state index is 13.0. The number of halogens is 3. The summed E-state index contributed by atoms with van der Waals surface area (Å²) >= 11 is 6.60. The lowest BCUT2D eigenvalue weighted by molar-refractivity contribution is 0.103. The van der Waals surface area contributed by atoms with Crippen molar-refractivity contribution < 1.29 is 9.18 Å². The van der Waals surface area contributed by atoms with E-state index in [0.717, 1.165) is 10.7 Å². The van der Waals surface area contributed by atoms with Crippen molar-refractivity contribution in [1.82, 2.24) is 4.98 Å². The van der Waals surface area contributed by atoms with Crippen molar-refractivity contribution in [2.75, 3.05) is 0 Å². The average molecular weight is 359 g/mol. The number of hydrogen-bond donors (Lipinski definition) is 0. The van der Waals surface area contributed by atoms with Crippen LogP contribution in [0.1, 0.15) is 15.9 Å². The Bertz CT molecular complexity index is 586. The first-order chi connectivity index (χ1) is 8.08. The molecule has 17 heavy (non-hydrogen) atoms. The van der Waals surface area contributed by atoms with Gasteiger partial charge in [-0.1, -0.05) is 15.9 Å². The molecule has 0 spiro atoms. The maximum absolute atomic E-state index is 13.0. The van der Waals surface area contributed by atoms with Gasteiger partial charge in [-0.05, 0) is 40.2 Å². The molecule has 0 aliphatic heterocycles. The molecule has 0 saturated carbocycles. The maximum Gasteiger partial charge on any atom is 0.195 e. The van der Waals surface area contributed by atoms with Crippen LogP contribution in [0.3, 0.4) is 0 Å². The Labute approximate surface area is 114 Å². The van der Waals surface area contributed by atoms with E-state index in [1.165, 1.54) is 12.3 Å². The van der Waals surface area contributed by atoms with E-state index in [4.69, 9.17) is 0 Å². The zero-order valence-electron chi connectivity index (χ0n) is 8.45. The van der Waals surface area contributed by atoms with Crippen molar-refractivity contribution in [3.05, 3.63) is 62.5 Å². The largest absolute Gasteiger partial charge is 0.289 e. The fourth-order valence-corrected chi connectivity index (χ4v) is 2.59. The topological polar surface area (TPSA) is 30.0 Å². The van der Waals surface area contributed by atoms with Crippen molar-refractivity contribution in [1.29, 1.82) is 0 Å². The van der Waals surface area contributed by atoms with Gasteiger partial charge >= 0.3 is 0 Å². The van der Waals surface area contributed by atoms with Crippen LogP contribution in [0, 0.1) is 5.82 Å². The first kappa shape index (κ1) is 12.4. The lowest BCUT2D eigenvalue weighted by Crippen LogP contribution is -2.03. The highest BCUT2D eigenvalue weighted by Gasteiger charge is 2.13. The molecule has 86 valence electrons. The second kappa shape index (κ2) is 5.06. The van der Waals surface area contributed by atoms with Crippen molar-refractivity contribution in [2.24, 2.45) is 0 Å². The molecule has 0 saturated heterocycles. The van der Waals surface area contributed by atoms with Crippen molar-refractivity contribution >= 4 is 37.6 Å². The second-order valence-electron chi connectivity index (χ2n) is 3.35. The Morgan fingerprint density at radius 1 is 1.18 bits per heavy atom. The number of carbonyl (C=O) groups excluding carboxylic acids is 1. The normalized spacial score (nSPS) is 10.3. The van der Waals surface area contributed by atoms with E-state index in [0.29, 0.717) is 10.0 Å². The summed E-state index contributed by atoms with van der Waals surface area (Å²) in [6.07, 6.45) is 2.41. The smallest absolute Gasteiger partial charge is 0.195 e. The molecule has 0 atom stereocenters. The van der Waals surface area contributed by atoms with Gasteiger partial charge in [0.2, 0.25) is 0 Å². The van der Waals surface area contributed by atoms with Crippen LogP contribution in [-0.4, -0.2) is 10.8 Å². The third-order valence-electron chi connectivity index (χ3n) is 2.14. The van der Waals surface area contributed by atoms with Gasteiger partial charge in [-0.25, -0.2) is 4.39 Å². The summed E-state index contributed by atoms with van der Waals surface area (Å²) in [4.78, 5) is 15.7. The average Bonchev–Trinajstić information content (AvgIpc) is 2.28. The molecule has 2 rings (SSSR count). The second-order valence-corrected chi connectivity index (χ2v) is 5.12. The number of pyridine rings is 1. The Hall–Kier alpha value is -1.07. The summed E-state index contributed by atoms with van der Waals surface area (Å²) in [5.41, 5.74) is 0.702. The van der Waals surface area contributed by atoms with E-state index >= 15 is 0 Å². The molecule has 0 fully saturated rings. The van der Waals surface area contributed by atoms with Crippen LogP contribution in [0.25, 0.3) is 0 Å². The third-order valence-corrected chi connectivity index (χ3v) is 3.29. The monoisotopic (exact) mass is 357 g/mol.